The van der Waals surface area contributed by atoms with Gasteiger partial charge >= 0.3 is 0 Å². The van der Waals surface area contributed by atoms with Crippen LogP contribution in [0.4, 0.5) is 5.82 Å². The minimum Gasteiger partial charge on any atom is -0.353 e. The number of hydrogen-bond acceptors (Lipinski definition) is 4. The average molecular weight is 304 g/mol. The number of nitrogens with zero attached hydrogens (tertiary/aromatic N) is 4. The maximum absolute atomic E-state index is 12.1. The van der Waals surface area contributed by atoms with E-state index in [4.69, 9.17) is 0 Å². The second-order valence-electron chi connectivity index (χ2n) is 6.35. The summed E-state index contributed by atoms with van der Waals surface area (Å²) in [6.45, 7) is 11.7. The summed E-state index contributed by atoms with van der Waals surface area (Å²) >= 11 is 0. The third-order valence-electron chi connectivity index (χ3n) is 4.07. The third-order valence-corrected chi connectivity index (χ3v) is 4.07. The summed E-state index contributed by atoms with van der Waals surface area (Å²) in [5, 5.41) is 0. The topological polar surface area (TPSA) is 49.3 Å². The van der Waals surface area contributed by atoms with Gasteiger partial charge in [0.15, 0.2) is 0 Å². The van der Waals surface area contributed by atoms with E-state index in [9.17, 15) is 4.79 Å². The van der Waals surface area contributed by atoms with E-state index in [1.54, 1.807) is 0 Å². The third kappa shape index (κ3) is 4.18. The van der Waals surface area contributed by atoms with Crippen LogP contribution >= 0.6 is 0 Å². The fraction of sp³-hybridized carbons (Fsp3) is 0.706. The largest absolute Gasteiger partial charge is 0.353 e. The Hall–Kier alpha value is -1.65. The quantitative estimate of drug-likeness (QED) is 0.839. The lowest BCUT2D eigenvalue weighted by molar-refractivity contribution is -0.131. The molecule has 1 saturated heterocycles. The van der Waals surface area contributed by atoms with Gasteiger partial charge in [0.1, 0.15) is 11.6 Å². The molecule has 0 bridgehead atoms. The molecule has 1 fully saturated rings. The van der Waals surface area contributed by atoms with Crippen molar-refractivity contribution in [3.63, 3.8) is 0 Å². The number of carbonyl (C=O) groups excluding carboxylic acids is 1. The standard InChI is InChI=1S/C17H28N4O/c1-5-6-7-16(22)21-10-8-20(9-11-21)15-12-14(4)18-17(19-15)13(2)3/h12-13H,5-11H2,1-4H3. The van der Waals surface area contributed by atoms with Crippen molar-refractivity contribution in [3.8, 4) is 0 Å². The Morgan fingerprint density at radius 2 is 1.91 bits per heavy atom. The first-order valence-electron chi connectivity index (χ1n) is 8.39. The van der Waals surface area contributed by atoms with Gasteiger partial charge < -0.3 is 9.80 Å². The second kappa shape index (κ2) is 7.56. The molecule has 22 heavy (non-hydrogen) atoms. The maximum atomic E-state index is 12.1. The highest BCUT2D eigenvalue weighted by Gasteiger charge is 2.22. The molecule has 0 aromatic carbocycles. The van der Waals surface area contributed by atoms with Gasteiger partial charge in [-0.1, -0.05) is 27.2 Å². The number of aryl methyl sites for hydroxylation is 1. The van der Waals surface area contributed by atoms with Gasteiger partial charge in [0.25, 0.3) is 0 Å². The van der Waals surface area contributed by atoms with Crippen molar-refractivity contribution in [3.05, 3.63) is 17.6 Å². The summed E-state index contributed by atoms with van der Waals surface area (Å²) in [5.41, 5.74) is 1.01. The zero-order valence-corrected chi connectivity index (χ0v) is 14.3. The highest BCUT2D eigenvalue weighted by atomic mass is 16.2. The van der Waals surface area contributed by atoms with Crippen LogP contribution in [0.15, 0.2) is 6.07 Å². The number of carbonyl (C=O) groups is 1. The first kappa shape index (κ1) is 16.7. The van der Waals surface area contributed by atoms with Gasteiger partial charge in [0.2, 0.25) is 5.91 Å². The van der Waals surface area contributed by atoms with Crippen molar-refractivity contribution in [1.82, 2.24) is 14.9 Å². The molecule has 2 rings (SSSR count). The molecule has 5 nitrogen and oxygen atoms in total. The smallest absolute Gasteiger partial charge is 0.222 e. The number of hydrogen-bond donors (Lipinski definition) is 0. The molecule has 0 N–H and O–H groups in total. The van der Waals surface area contributed by atoms with Gasteiger partial charge in [-0.3, -0.25) is 4.79 Å². The van der Waals surface area contributed by atoms with Crippen LogP contribution < -0.4 is 4.90 Å². The molecule has 0 aliphatic carbocycles. The van der Waals surface area contributed by atoms with Gasteiger partial charge in [-0.25, -0.2) is 9.97 Å². The Balaban J connectivity index is 1.98. The van der Waals surface area contributed by atoms with Crippen molar-refractivity contribution in [1.29, 1.82) is 0 Å². The molecule has 2 heterocycles. The number of amides is 1. The zero-order valence-electron chi connectivity index (χ0n) is 14.3. The molecule has 0 unspecified atom stereocenters. The number of rotatable bonds is 5. The van der Waals surface area contributed by atoms with Gasteiger partial charge in [-0.05, 0) is 13.3 Å². The van der Waals surface area contributed by atoms with Crippen LogP contribution in [0, 0.1) is 6.92 Å². The molecule has 1 amide bonds. The Morgan fingerprint density at radius 1 is 1.23 bits per heavy atom. The van der Waals surface area contributed by atoms with E-state index in [0.717, 1.165) is 56.4 Å². The summed E-state index contributed by atoms with van der Waals surface area (Å²) in [5.74, 6) is 2.52. The molecule has 122 valence electrons. The van der Waals surface area contributed by atoms with E-state index in [2.05, 4.69) is 35.6 Å². The van der Waals surface area contributed by atoms with Gasteiger partial charge in [0, 0.05) is 50.3 Å². The Bertz CT molecular complexity index is 507. The van der Waals surface area contributed by atoms with Crippen LogP contribution in [0.5, 0.6) is 0 Å². The summed E-state index contributed by atoms with van der Waals surface area (Å²) < 4.78 is 0. The Kier molecular flexibility index (Phi) is 5.75. The lowest BCUT2D eigenvalue weighted by Crippen LogP contribution is -2.49. The minimum absolute atomic E-state index is 0.295. The van der Waals surface area contributed by atoms with Gasteiger partial charge in [-0.15, -0.1) is 0 Å². The fourth-order valence-electron chi connectivity index (χ4n) is 2.67. The van der Waals surface area contributed by atoms with E-state index in [1.165, 1.54) is 0 Å². The molecule has 1 aliphatic heterocycles. The van der Waals surface area contributed by atoms with Crippen molar-refractivity contribution in [2.24, 2.45) is 0 Å². The molecular weight excluding hydrogens is 276 g/mol. The highest BCUT2D eigenvalue weighted by molar-refractivity contribution is 5.76. The number of unbranched alkanes of at least 4 members (excludes halogenated alkanes) is 1. The van der Waals surface area contributed by atoms with E-state index in [0.29, 0.717) is 18.2 Å². The van der Waals surface area contributed by atoms with Crippen LogP contribution in [0.2, 0.25) is 0 Å². The maximum Gasteiger partial charge on any atom is 0.222 e. The summed E-state index contributed by atoms with van der Waals surface area (Å²) in [6, 6.07) is 2.04. The molecule has 0 spiro atoms. The van der Waals surface area contributed by atoms with Gasteiger partial charge in [0.05, 0.1) is 0 Å². The summed E-state index contributed by atoms with van der Waals surface area (Å²) in [7, 11) is 0. The van der Waals surface area contributed by atoms with Crippen LogP contribution in [0.3, 0.4) is 0 Å². The van der Waals surface area contributed by atoms with E-state index in [1.807, 2.05) is 17.9 Å². The molecule has 1 aromatic rings. The monoisotopic (exact) mass is 304 g/mol. The molecule has 0 atom stereocenters. The Labute approximate surface area is 133 Å². The van der Waals surface area contributed by atoms with Crippen molar-refractivity contribution in [2.45, 2.75) is 52.9 Å². The average Bonchev–Trinajstić information content (AvgIpc) is 2.52. The summed E-state index contributed by atoms with van der Waals surface area (Å²) in [4.78, 5) is 25.5. The molecule has 0 saturated carbocycles. The van der Waals surface area contributed by atoms with Crippen LogP contribution in [-0.2, 0) is 4.79 Å². The Morgan fingerprint density at radius 3 is 2.50 bits per heavy atom. The molecule has 5 heteroatoms. The molecule has 1 aromatic heterocycles. The van der Waals surface area contributed by atoms with E-state index < -0.39 is 0 Å². The normalized spacial score (nSPS) is 15.5. The lowest BCUT2D eigenvalue weighted by atomic mass is 10.2. The minimum atomic E-state index is 0.295. The first-order chi connectivity index (χ1) is 10.5. The molecule has 1 aliphatic rings. The van der Waals surface area contributed by atoms with Gasteiger partial charge in [-0.2, -0.15) is 0 Å². The van der Waals surface area contributed by atoms with Crippen molar-refractivity contribution in [2.75, 3.05) is 31.1 Å². The second-order valence-corrected chi connectivity index (χ2v) is 6.35. The van der Waals surface area contributed by atoms with Crippen LogP contribution in [0.1, 0.15) is 57.5 Å². The van der Waals surface area contributed by atoms with Crippen LogP contribution in [-0.4, -0.2) is 47.0 Å². The van der Waals surface area contributed by atoms with E-state index in [-0.39, 0.29) is 0 Å². The van der Waals surface area contributed by atoms with E-state index >= 15 is 0 Å². The predicted octanol–water partition coefficient (Wildman–Crippen LogP) is 2.75. The van der Waals surface area contributed by atoms with Crippen molar-refractivity contribution < 1.29 is 4.79 Å². The number of aromatic nitrogens is 2. The zero-order chi connectivity index (χ0) is 16.1. The predicted molar refractivity (Wildman–Crippen MR) is 89.2 cm³/mol. The lowest BCUT2D eigenvalue weighted by Gasteiger charge is -2.35. The first-order valence-corrected chi connectivity index (χ1v) is 8.39. The fourth-order valence-corrected chi connectivity index (χ4v) is 2.67. The SMILES string of the molecule is CCCCC(=O)N1CCN(c2cc(C)nc(C(C)C)n2)CC1. The van der Waals surface area contributed by atoms with Crippen molar-refractivity contribution >= 4 is 11.7 Å². The molecule has 0 radical (unpaired) electrons. The summed E-state index contributed by atoms with van der Waals surface area (Å²) in [6.07, 6.45) is 2.74. The number of anilines is 1. The van der Waals surface area contributed by atoms with Crippen LogP contribution in [0.25, 0.3) is 0 Å². The highest BCUT2D eigenvalue weighted by Crippen LogP contribution is 2.19. The number of piperazine rings is 1. The molecular formula is C17H28N4O.